The summed E-state index contributed by atoms with van der Waals surface area (Å²) in [6, 6.07) is 60.9. The lowest BCUT2D eigenvalue weighted by Gasteiger charge is -2.34. The molecule has 0 spiro atoms. The molecule has 0 fully saturated rings. The molecular formula is C49H34BNO2. The summed E-state index contributed by atoms with van der Waals surface area (Å²) in [7, 11) is 0. The van der Waals surface area contributed by atoms with Gasteiger partial charge in [0, 0.05) is 27.9 Å². The van der Waals surface area contributed by atoms with Crippen LogP contribution in [0.5, 0.6) is 23.0 Å². The van der Waals surface area contributed by atoms with Gasteiger partial charge in [-0.1, -0.05) is 123 Å². The van der Waals surface area contributed by atoms with Crippen molar-refractivity contribution in [2.24, 2.45) is 0 Å². The highest BCUT2D eigenvalue weighted by Gasteiger charge is 2.44. The van der Waals surface area contributed by atoms with Crippen LogP contribution in [0.25, 0.3) is 33.0 Å². The van der Waals surface area contributed by atoms with E-state index < -0.39 is 0 Å². The zero-order valence-corrected chi connectivity index (χ0v) is 29.5. The van der Waals surface area contributed by atoms with E-state index in [2.05, 4.69) is 183 Å². The molecule has 0 saturated heterocycles. The summed E-state index contributed by atoms with van der Waals surface area (Å²) in [5.74, 6) is 3.54. The summed E-state index contributed by atoms with van der Waals surface area (Å²) in [6.07, 6.45) is 0. The predicted octanol–water partition coefficient (Wildman–Crippen LogP) is 11.0. The van der Waals surface area contributed by atoms with Gasteiger partial charge in [-0.05, 0) is 116 Å². The smallest absolute Gasteiger partial charge is 0.260 e. The van der Waals surface area contributed by atoms with Gasteiger partial charge in [0.05, 0.1) is 0 Å². The maximum atomic E-state index is 6.79. The Bertz CT molecular complexity index is 2720. The normalized spacial score (nSPS) is 13.9. The number of hydrogen-bond acceptors (Lipinski definition) is 3. The standard InChI is InChI=1S/C49H34BNO2/c1-49(2)40-30-42-46(53-45-20-12-19-44-48(45)50(42)41-28-32(22-26-43(41)52-44)31-13-6-3-7-14-31)29-39(40)38-24-21-33-27-36(23-25-37(33)47(38)49)51(34-15-8-4-9-16-34)35-17-10-5-11-18-35/h3-30H,1-2H3. The summed E-state index contributed by atoms with van der Waals surface area (Å²) in [6.45, 7) is 4.75. The number of para-hydroxylation sites is 2. The van der Waals surface area contributed by atoms with E-state index in [-0.39, 0.29) is 12.1 Å². The van der Waals surface area contributed by atoms with Gasteiger partial charge in [0.15, 0.2) is 0 Å². The largest absolute Gasteiger partial charge is 0.458 e. The minimum Gasteiger partial charge on any atom is -0.458 e. The van der Waals surface area contributed by atoms with Crippen LogP contribution in [-0.4, -0.2) is 6.71 Å². The monoisotopic (exact) mass is 679 g/mol. The summed E-state index contributed by atoms with van der Waals surface area (Å²) >= 11 is 0. The van der Waals surface area contributed by atoms with Crippen LogP contribution in [0.2, 0.25) is 0 Å². The van der Waals surface area contributed by atoms with Gasteiger partial charge in [-0.15, -0.1) is 0 Å². The number of fused-ring (bicyclic) bond motifs is 9. The molecule has 11 rings (SSSR count). The maximum Gasteiger partial charge on any atom is 0.260 e. The highest BCUT2D eigenvalue weighted by Crippen LogP contribution is 2.53. The van der Waals surface area contributed by atoms with Crippen LogP contribution in [0.3, 0.4) is 0 Å². The van der Waals surface area contributed by atoms with Crippen LogP contribution in [-0.2, 0) is 5.41 Å². The van der Waals surface area contributed by atoms with Crippen molar-refractivity contribution >= 4 is 50.9 Å². The molecular weight excluding hydrogens is 645 g/mol. The fraction of sp³-hybridized carbons (Fsp3) is 0.0612. The Morgan fingerprint density at radius 2 is 1.13 bits per heavy atom. The SMILES string of the molecule is CC1(C)c2cc3c(cc2-c2ccc4cc(N(c5ccccc5)c5ccccc5)ccc4c21)Oc1cccc2c1B3c1cc(-c3ccccc3)ccc1O2. The second-order valence-electron chi connectivity index (χ2n) is 14.9. The predicted molar refractivity (Wildman–Crippen MR) is 219 cm³/mol. The first-order valence-corrected chi connectivity index (χ1v) is 18.4. The van der Waals surface area contributed by atoms with Crippen molar-refractivity contribution in [1.82, 2.24) is 0 Å². The van der Waals surface area contributed by atoms with E-state index >= 15 is 0 Å². The van der Waals surface area contributed by atoms with Crippen molar-refractivity contribution in [1.29, 1.82) is 0 Å². The molecule has 0 N–H and O–H groups in total. The molecule has 53 heavy (non-hydrogen) atoms. The van der Waals surface area contributed by atoms with Crippen molar-refractivity contribution in [2.45, 2.75) is 19.3 Å². The number of hydrogen-bond donors (Lipinski definition) is 0. The van der Waals surface area contributed by atoms with Gasteiger partial charge in [-0.3, -0.25) is 0 Å². The van der Waals surface area contributed by atoms with E-state index in [4.69, 9.17) is 9.47 Å². The van der Waals surface area contributed by atoms with Crippen LogP contribution in [0.15, 0.2) is 170 Å². The van der Waals surface area contributed by atoms with Gasteiger partial charge < -0.3 is 14.4 Å². The molecule has 250 valence electrons. The molecule has 0 atom stereocenters. The first-order valence-electron chi connectivity index (χ1n) is 18.4. The molecule has 2 aliphatic heterocycles. The Hall–Kier alpha value is -6.52. The molecule has 2 heterocycles. The molecule has 0 saturated carbocycles. The van der Waals surface area contributed by atoms with E-state index in [0.717, 1.165) is 45.5 Å². The Balaban J connectivity index is 1.06. The number of anilines is 3. The van der Waals surface area contributed by atoms with Crippen LogP contribution in [0.1, 0.15) is 25.0 Å². The summed E-state index contributed by atoms with van der Waals surface area (Å²) < 4.78 is 13.4. The van der Waals surface area contributed by atoms with Crippen LogP contribution in [0, 0.1) is 0 Å². The minimum atomic E-state index is -0.237. The summed E-state index contributed by atoms with van der Waals surface area (Å²) in [5, 5.41) is 2.51. The highest BCUT2D eigenvalue weighted by atomic mass is 16.5. The maximum absolute atomic E-state index is 6.79. The van der Waals surface area contributed by atoms with Gasteiger partial charge in [-0.2, -0.15) is 0 Å². The van der Waals surface area contributed by atoms with Crippen molar-refractivity contribution in [3.05, 3.63) is 181 Å². The van der Waals surface area contributed by atoms with Gasteiger partial charge in [-0.25, -0.2) is 0 Å². The number of ether oxygens (including phenoxy) is 2. The van der Waals surface area contributed by atoms with Crippen molar-refractivity contribution in [3.63, 3.8) is 0 Å². The first kappa shape index (κ1) is 30.1. The molecule has 0 aromatic heterocycles. The summed E-state index contributed by atoms with van der Waals surface area (Å²) in [5.41, 5.74) is 14.2. The topological polar surface area (TPSA) is 21.7 Å². The Morgan fingerprint density at radius 3 is 1.85 bits per heavy atom. The van der Waals surface area contributed by atoms with Gasteiger partial charge in [0.1, 0.15) is 23.0 Å². The molecule has 0 radical (unpaired) electrons. The molecule has 3 aliphatic rings. The average Bonchev–Trinajstić information content (AvgIpc) is 3.43. The highest BCUT2D eigenvalue weighted by molar-refractivity contribution is 6.98. The number of benzene rings is 8. The van der Waals surface area contributed by atoms with Gasteiger partial charge in [0.25, 0.3) is 6.71 Å². The molecule has 4 heteroatoms. The van der Waals surface area contributed by atoms with E-state index in [0.29, 0.717) is 0 Å². The second kappa shape index (κ2) is 11.2. The van der Waals surface area contributed by atoms with Crippen LogP contribution < -0.4 is 30.8 Å². The minimum absolute atomic E-state index is 0.0107. The third kappa shape index (κ3) is 4.48. The molecule has 0 bridgehead atoms. The van der Waals surface area contributed by atoms with Crippen molar-refractivity contribution < 1.29 is 9.47 Å². The van der Waals surface area contributed by atoms with Crippen molar-refractivity contribution in [3.8, 4) is 45.3 Å². The number of rotatable bonds is 4. The van der Waals surface area contributed by atoms with Crippen LogP contribution >= 0.6 is 0 Å². The van der Waals surface area contributed by atoms with Gasteiger partial charge in [0.2, 0.25) is 0 Å². The first-order chi connectivity index (χ1) is 26.0. The third-order valence-electron chi connectivity index (χ3n) is 11.5. The fourth-order valence-corrected chi connectivity index (χ4v) is 9.12. The number of nitrogens with zero attached hydrogens (tertiary/aromatic N) is 1. The lowest BCUT2D eigenvalue weighted by Crippen LogP contribution is -2.57. The van der Waals surface area contributed by atoms with E-state index in [1.54, 1.807) is 0 Å². The zero-order chi connectivity index (χ0) is 35.3. The average molecular weight is 680 g/mol. The fourth-order valence-electron chi connectivity index (χ4n) is 9.12. The lowest BCUT2D eigenvalue weighted by molar-refractivity contribution is 0.464. The molecule has 0 amide bonds. The molecule has 8 aromatic carbocycles. The zero-order valence-electron chi connectivity index (χ0n) is 29.5. The Labute approximate surface area is 309 Å². The van der Waals surface area contributed by atoms with Gasteiger partial charge >= 0.3 is 0 Å². The Morgan fingerprint density at radius 1 is 0.472 bits per heavy atom. The lowest BCUT2D eigenvalue weighted by atomic mass is 9.34. The Kier molecular flexibility index (Phi) is 6.39. The van der Waals surface area contributed by atoms with Crippen LogP contribution in [0.4, 0.5) is 17.1 Å². The molecule has 1 aliphatic carbocycles. The third-order valence-corrected chi connectivity index (χ3v) is 11.5. The second-order valence-corrected chi connectivity index (χ2v) is 14.9. The van der Waals surface area contributed by atoms with Crippen molar-refractivity contribution in [2.75, 3.05) is 4.90 Å². The van der Waals surface area contributed by atoms with E-state index in [1.807, 2.05) is 6.07 Å². The van der Waals surface area contributed by atoms with E-state index in [9.17, 15) is 0 Å². The summed E-state index contributed by atoms with van der Waals surface area (Å²) in [4.78, 5) is 2.33. The molecule has 8 aromatic rings. The van der Waals surface area contributed by atoms with E-state index in [1.165, 1.54) is 55.1 Å². The molecule has 0 unspecified atom stereocenters. The quantitative estimate of drug-likeness (QED) is 0.173. The molecule has 3 nitrogen and oxygen atoms in total.